The molecule has 6 heteroatoms. The van der Waals surface area contributed by atoms with E-state index in [0.717, 1.165) is 17.7 Å². The van der Waals surface area contributed by atoms with E-state index in [2.05, 4.69) is 10.3 Å². The third-order valence-electron chi connectivity index (χ3n) is 2.66. The quantitative estimate of drug-likeness (QED) is 0.892. The van der Waals surface area contributed by atoms with Crippen molar-refractivity contribution >= 4 is 5.95 Å². The summed E-state index contributed by atoms with van der Waals surface area (Å²) >= 11 is 0. The Kier molecular flexibility index (Phi) is 3.02. The Bertz CT molecular complexity index is 558. The van der Waals surface area contributed by atoms with Crippen molar-refractivity contribution in [1.82, 2.24) is 9.55 Å². The Morgan fingerprint density at radius 2 is 2.00 bits per heavy atom. The molecule has 2 aromatic rings. The lowest BCUT2D eigenvalue weighted by atomic mass is 10.1. The predicted octanol–water partition coefficient (Wildman–Crippen LogP) is 3.24. The molecule has 96 valence electrons. The molecule has 0 amide bonds. The number of halogens is 3. The van der Waals surface area contributed by atoms with Crippen LogP contribution in [0.4, 0.5) is 19.1 Å². The molecule has 1 N–H and O–H groups in total. The highest BCUT2D eigenvalue weighted by Crippen LogP contribution is 2.32. The molecule has 0 aliphatic heterocycles. The first-order chi connectivity index (χ1) is 8.43. The summed E-state index contributed by atoms with van der Waals surface area (Å²) in [5, 5.41) is 2.83. The van der Waals surface area contributed by atoms with Crippen molar-refractivity contribution in [3.8, 4) is 5.69 Å². The van der Waals surface area contributed by atoms with E-state index in [1.165, 1.54) is 12.3 Å². The van der Waals surface area contributed by atoms with Crippen LogP contribution < -0.4 is 5.32 Å². The van der Waals surface area contributed by atoms with Crippen molar-refractivity contribution in [3.05, 3.63) is 41.7 Å². The van der Waals surface area contributed by atoms with Gasteiger partial charge in [0.15, 0.2) is 0 Å². The molecule has 0 unspecified atom stereocenters. The van der Waals surface area contributed by atoms with E-state index < -0.39 is 11.7 Å². The fraction of sp³-hybridized carbons (Fsp3) is 0.250. The van der Waals surface area contributed by atoms with Crippen LogP contribution in [-0.4, -0.2) is 16.6 Å². The van der Waals surface area contributed by atoms with E-state index in [4.69, 9.17) is 0 Å². The average Bonchev–Trinajstić information content (AvgIpc) is 2.76. The minimum Gasteiger partial charge on any atom is -0.358 e. The SMILES string of the molecule is CNc1nccn1-c1cc(C(F)(F)F)ccc1C. The lowest BCUT2D eigenvalue weighted by molar-refractivity contribution is -0.137. The number of aromatic nitrogens is 2. The molecule has 0 saturated carbocycles. The highest BCUT2D eigenvalue weighted by molar-refractivity contribution is 5.49. The van der Waals surface area contributed by atoms with Gasteiger partial charge in [0.2, 0.25) is 5.95 Å². The van der Waals surface area contributed by atoms with Gasteiger partial charge < -0.3 is 5.32 Å². The molecule has 0 spiro atoms. The van der Waals surface area contributed by atoms with E-state index in [9.17, 15) is 13.2 Å². The Morgan fingerprint density at radius 1 is 1.28 bits per heavy atom. The second-order valence-electron chi connectivity index (χ2n) is 3.87. The van der Waals surface area contributed by atoms with Crippen molar-refractivity contribution in [3.63, 3.8) is 0 Å². The van der Waals surface area contributed by atoms with Gasteiger partial charge >= 0.3 is 6.18 Å². The minimum atomic E-state index is -4.34. The van der Waals surface area contributed by atoms with Gasteiger partial charge in [0.1, 0.15) is 0 Å². The standard InChI is InChI=1S/C12H12F3N3/c1-8-3-4-9(12(13,14)15)7-10(8)18-6-5-17-11(18)16-2/h3-7H,1-2H3,(H,16,17). The van der Waals surface area contributed by atoms with E-state index in [1.807, 2.05) is 0 Å². The van der Waals surface area contributed by atoms with Crippen LogP contribution in [0.25, 0.3) is 5.69 Å². The number of aryl methyl sites for hydroxylation is 1. The molecule has 2 rings (SSSR count). The number of benzene rings is 1. The topological polar surface area (TPSA) is 29.9 Å². The van der Waals surface area contributed by atoms with Crippen LogP contribution in [0.2, 0.25) is 0 Å². The molecule has 0 fully saturated rings. The molecular formula is C12H12F3N3. The zero-order valence-electron chi connectivity index (χ0n) is 9.92. The monoisotopic (exact) mass is 255 g/mol. The summed E-state index contributed by atoms with van der Waals surface area (Å²) < 4.78 is 39.6. The molecule has 0 aliphatic carbocycles. The van der Waals surface area contributed by atoms with E-state index in [1.54, 1.807) is 24.7 Å². The van der Waals surface area contributed by atoms with Crippen molar-refractivity contribution in [2.45, 2.75) is 13.1 Å². The lowest BCUT2D eigenvalue weighted by Crippen LogP contribution is -2.08. The van der Waals surface area contributed by atoms with Gasteiger partial charge in [-0.15, -0.1) is 0 Å². The fourth-order valence-electron chi connectivity index (χ4n) is 1.73. The number of rotatable bonds is 2. The predicted molar refractivity (Wildman–Crippen MR) is 62.8 cm³/mol. The van der Waals surface area contributed by atoms with Crippen LogP contribution in [0.1, 0.15) is 11.1 Å². The van der Waals surface area contributed by atoms with Gasteiger partial charge in [0, 0.05) is 19.4 Å². The molecule has 0 atom stereocenters. The van der Waals surface area contributed by atoms with Crippen molar-refractivity contribution in [2.75, 3.05) is 12.4 Å². The van der Waals surface area contributed by atoms with Crippen LogP contribution in [0.5, 0.6) is 0 Å². The van der Waals surface area contributed by atoms with Crippen molar-refractivity contribution < 1.29 is 13.2 Å². The van der Waals surface area contributed by atoms with Crippen LogP contribution >= 0.6 is 0 Å². The lowest BCUT2D eigenvalue weighted by Gasteiger charge is -2.13. The summed E-state index contributed by atoms with van der Waals surface area (Å²) in [5.41, 5.74) is 0.544. The smallest absolute Gasteiger partial charge is 0.358 e. The van der Waals surface area contributed by atoms with E-state index in [0.29, 0.717) is 11.6 Å². The summed E-state index contributed by atoms with van der Waals surface area (Å²) in [7, 11) is 1.67. The van der Waals surface area contributed by atoms with Gasteiger partial charge in [-0.25, -0.2) is 4.98 Å². The first-order valence-corrected chi connectivity index (χ1v) is 5.33. The Balaban J connectivity index is 2.57. The number of hydrogen-bond acceptors (Lipinski definition) is 2. The number of anilines is 1. The van der Waals surface area contributed by atoms with Crippen LogP contribution in [0, 0.1) is 6.92 Å². The first-order valence-electron chi connectivity index (χ1n) is 5.33. The van der Waals surface area contributed by atoms with Gasteiger partial charge in [-0.05, 0) is 24.6 Å². The van der Waals surface area contributed by atoms with Gasteiger partial charge in [-0.1, -0.05) is 6.07 Å². The summed E-state index contributed by atoms with van der Waals surface area (Å²) in [6.45, 7) is 1.76. The van der Waals surface area contributed by atoms with E-state index >= 15 is 0 Å². The molecule has 0 aliphatic rings. The number of hydrogen-bond donors (Lipinski definition) is 1. The Morgan fingerprint density at radius 3 is 2.61 bits per heavy atom. The third kappa shape index (κ3) is 2.18. The molecule has 1 aromatic carbocycles. The molecule has 1 heterocycles. The highest BCUT2D eigenvalue weighted by Gasteiger charge is 2.31. The number of nitrogens with zero attached hydrogens (tertiary/aromatic N) is 2. The molecule has 0 bridgehead atoms. The van der Waals surface area contributed by atoms with Crippen LogP contribution in [-0.2, 0) is 6.18 Å². The Hall–Kier alpha value is -1.98. The van der Waals surface area contributed by atoms with Crippen LogP contribution in [0.3, 0.4) is 0 Å². The zero-order valence-corrected chi connectivity index (χ0v) is 9.92. The normalized spacial score (nSPS) is 11.6. The third-order valence-corrected chi connectivity index (χ3v) is 2.66. The zero-order chi connectivity index (χ0) is 13.3. The average molecular weight is 255 g/mol. The summed E-state index contributed by atoms with van der Waals surface area (Å²) in [5.74, 6) is 0.498. The van der Waals surface area contributed by atoms with Crippen LogP contribution in [0.15, 0.2) is 30.6 Å². The molecule has 0 radical (unpaired) electrons. The van der Waals surface area contributed by atoms with Gasteiger partial charge in [0.25, 0.3) is 0 Å². The number of nitrogens with one attached hydrogen (secondary N) is 1. The maximum atomic E-state index is 12.7. The fourth-order valence-corrected chi connectivity index (χ4v) is 1.73. The summed E-state index contributed by atoms with van der Waals surface area (Å²) in [6.07, 6.45) is -1.19. The maximum absolute atomic E-state index is 12.7. The number of alkyl halides is 3. The van der Waals surface area contributed by atoms with Crippen molar-refractivity contribution in [1.29, 1.82) is 0 Å². The molecular weight excluding hydrogens is 243 g/mol. The molecule has 18 heavy (non-hydrogen) atoms. The van der Waals surface area contributed by atoms with E-state index in [-0.39, 0.29) is 0 Å². The summed E-state index contributed by atoms with van der Waals surface area (Å²) in [6, 6.07) is 3.66. The number of imidazole rings is 1. The Labute approximate surface area is 102 Å². The molecule has 1 aromatic heterocycles. The minimum absolute atomic E-state index is 0.465. The maximum Gasteiger partial charge on any atom is 0.416 e. The van der Waals surface area contributed by atoms with Gasteiger partial charge in [0.05, 0.1) is 11.3 Å². The molecule has 3 nitrogen and oxygen atoms in total. The highest BCUT2D eigenvalue weighted by atomic mass is 19.4. The van der Waals surface area contributed by atoms with Crippen molar-refractivity contribution in [2.24, 2.45) is 0 Å². The second-order valence-corrected chi connectivity index (χ2v) is 3.87. The summed E-state index contributed by atoms with van der Waals surface area (Å²) in [4.78, 5) is 4.01. The second kappa shape index (κ2) is 4.36. The molecule has 0 saturated heterocycles. The van der Waals surface area contributed by atoms with Gasteiger partial charge in [-0.2, -0.15) is 13.2 Å². The van der Waals surface area contributed by atoms with Gasteiger partial charge in [-0.3, -0.25) is 4.57 Å². The first kappa shape index (κ1) is 12.5. The largest absolute Gasteiger partial charge is 0.416 e.